The molecule has 4 heteroatoms. The molecule has 1 aromatic heterocycles. The molecule has 1 heterocycles. The summed E-state index contributed by atoms with van der Waals surface area (Å²) in [5, 5.41) is 9.57. The minimum Gasteiger partial charge on any atom is -0.504 e. The number of aromatic hydroxyl groups is 1. The van der Waals surface area contributed by atoms with E-state index in [2.05, 4.69) is 0 Å². The molecule has 0 radical (unpaired) electrons. The monoisotopic (exact) mass is 258 g/mol. The molecular weight excluding hydrogens is 244 g/mol. The topological polar surface area (TPSA) is 59.7 Å². The van der Waals surface area contributed by atoms with Gasteiger partial charge in [-0.05, 0) is 42.8 Å². The van der Waals surface area contributed by atoms with Crippen molar-refractivity contribution in [1.29, 1.82) is 0 Å². The lowest BCUT2D eigenvalue weighted by molar-refractivity contribution is -0.112. The van der Waals surface area contributed by atoms with Crippen LogP contribution >= 0.6 is 0 Å². The first-order valence-electron chi connectivity index (χ1n) is 5.75. The Morgan fingerprint density at radius 2 is 2.16 bits per heavy atom. The molecule has 0 bridgehead atoms. The number of furan rings is 1. The summed E-state index contributed by atoms with van der Waals surface area (Å²) in [4.78, 5) is 11.0. The Balaban J connectivity index is 2.42. The zero-order valence-corrected chi connectivity index (χ0v) is 10.7. The van der Waals surface area contributed by atoms with Crippen LogP contribution in [-0.2, 0) is 4.79 Å². The molecular formula is C15H14O4. The number of hydrogen-bond acceptors (Lipinski definition) is 4. The van der Waals surface area contributed by atoms with Crippen LogP contribution in [0.15, 0.2) is 41.0 Å². The molecule has 1 aromatic carbocycles. The third-order valence-corrected chi connectivity index (χ3v) is 2.66. The summed E-state index contributed by atoms with van der Waals surface area (Å²) in [5.41, 5.74) is 1.67. The van der Waals surface area contributed by atoms with Crippen LogP contribution in [-0.4, -0.2) is 18.0 Å². The number of allylic oxidation sites excluding steroid dienone is 1. The minimum atomic E-state index is -0.0503. The number of carbonyl (C=O) groups excluding carboxylic acids is 1. The second-order valence-corrected chi connectivity index (χ2v) is 4.03. The summed E-state index contributed by atoms with van der Waals surface area (Å²) in [6.07, 6.45) is 4.62. The third-order valence-electron chi connectivity index (χ3n) is 2.66. The average Bonchev–Trinajstić information content (AvgIpc) is 2.85. The fraction of sp³-hybridized carbons (Fsp3) is 0.133. The van der Waals surface area contributed by atoms with Gasteiger partial charge in [0.1, 0.15) is 5.76 Å². The first kappa shape index (κ1) is 13.0. The van der Waals surface area contributed by atoms with E-state index in [-0.39, 0.29) is 11.5 Å². The fourth-order valence-electron chi connectivity index (χ4n) is 1.73. The lowest BCUT2D eigenvalue weighted by Gasteiger charge is -2.06. The summed E-state index contributed by atoms with van der Waals surface area (Å²) < 4.78 is 10.4. The number of carbonyl (C=O) groups is 1. The van der Waals surface area contributed by atoms with Crippen molar-refractivity contribution in [2.24, 2.45) is 0 Å². The van der Waals surface area contributed by atoms with Gasteiger partial charge in [0.15, 0.2) is 17.3 Å². The van der Waals surface area contributed by atoms with Crippen LogP contribution in [0.5, 0.6) is 11.5 Å². The Kier molecular flexibility index (Phi) is 3.71. The van der Waals surface area contributed by atoms with Gasteiger partial charge in [-0.3, -0.25) is 4.79 Å². The van der Waals surface area contributed by atoms with Gasteiger partial charge < -0.3 is 14.3 Å². The van der Waals surface area contributed by atoms with Gasteiger partial charge in [-0.1, -0.05) is 6.07 Å². The second-order valence-electron chi connectivity index (χ2n) is 4.03. The van der Waals surface area contributed by atoms with Crippen molar-refractivity contribution in [3.8, 4) is 22.6 Å². The smallest absolute Gasteiger partial charge is 0.161 e. The SMILES string of the molecule is COc1cc(-c2ccoc2/C=C/C(C)=O)ccc1O. The highest BCUT2D eigenvalue weighted by Crippen LogP contribution is 2.33. The normalized spacial score (nSPS) is 10.8. The summed E-state index contributed by atoms with van der Waals surface area (Å²) >= 11 is 0. The number of methoxy groups -OCH3 is 1. The predicted molar refractivity (Wildman–Crippen MR) is 72.1 cm³/mol. The first-order chi connectivity index (χ1) is 9.11. The lowest BCUT2D eigenvalue weighted by Crippen LogP contribution is -1.86. The Morgan fingerprint density at radius 3 is 2.84 bits per heavy atom. The van der Waals surface area contributed by atoms with Crippen LogP contribution in [0.3, 0.4) is 0 Å². The minimum absolute atomic E-state index is 0.0503. The molecule has 2 aromatic rings. The largest absolute Gasteiger partial charge is 0.504 e. The standard InChI is InChI=1S/C15H14O4/c1-10(16)3-6-14-12(7-8-19-14)11-4-5-13(17)15(9-11)18-2/h3-9,17H,1-2H3/b6-3+. The van der Waals surface area contributed by atoms with Crippen LogP contribution < -0.4 is 4.74 Å². The maximum Gasteiger partial charge on any atom is 0.161 e. The highest BCUT2D eigenvalue weighted by atomic mass is 16.5. The average molecular weight is 258 g/mol. The molecule has 0 spiro atoms. The van der Waals surface area contributed by atoms with E-state index >= 15 is 0 Å². The summed E-state index contributed by atoms with van der Waals surface area (Å²) in [5.74, 6) is 1.00. The molecule has 0 aliphatic rings. The van der Waals surface area contributed by atoms with Crippen molar-refractivity contribution in [2.75, 3.05) is 7.11 Å². The Morgan fingerprint density at radius 1 is 1.37 bits per heavy atom. The molecule has 0 aliphatic carbocycles. The molecule has 98 valence electrons. The van der Waals surface area contributed by atoms with E-state index in [4.69, 9.17) is 9.15 Å². The summed E-state index contributed by atoms with van der Waals surface area (Å²) in [6.45, 7) is 1.47. The van der Waals surface area contributed by atoms with Gasteiger partial charge >= 0.3 is 0 Å². The van der Waals surface area contributed by atoms with Gasteiger partial charge in [-0.25, -0.2) is 0 Å². The van der Waals surface area contributed by atoms with Gasteiger partial charge in [0, 0.05) is 5.56 Å². The lowest BCUT2D eigenvalue weighted by atomic mass is 10.1. The van der Waals surface area contributed by atoms with Crippen LogP contribution in [0.4, 0.5) is 0 Å². The van der Waals surface area contributed by atoms with Crippen molar-refractivity contribution < 1.29 is 19.1 Å². The summed E-state index contributed by atoms with van der Waals surface area (Å²) in [7, 11) is 1.49. The molecule has 0 atom stereocenters. The highest BCUT2D eigenvalue weighted by Gasteiger charge is 2.09. The van der Waals surface area contributed by atoms with E-state index in [1.807, 2.05) is 0 Å². The van der Waals surface area contributed by atoms with Crippen molar-refractivity contribution in [1.82, 2.24) is 0 Å². The molecule has 0 fully saturated rings. The van der Waals surface area contributed by atoms with Crippen molar-refractivity contribution in [3.63, 3.8) is 0 Å². The molecule has 0 saturated heterocycles. The number of ether oxygens (including phenoxy) is 1. The van der Waals surface area contributed by atoms with Crippen LogP contribution in [0, 0.1) is 0 Å². The quantitative estimate of drug-likeness (QED) is 0.855. The van der Waals surface area contributed by atoms with Gasteiger partial charge in [0.05, 0.1) is 13.4 Å². The number of rotatable bonds is 4. The maximum atomic E-state index is 11.0. The number of ketones is 1. The fourth-order valence-corrected chi connectivity index (χ4v) is 1.73. The van der Waals surface area contributed by atoms with E-state index in [1.54, 1.807) is 36.6 Å². The highest BCUT2D eigenvalue weighted by molar-refractivity contribution is 5.92. The first-order valence-corrected chi connectivity index (χ1v) is 5.75. The number of benzene rings is 1. The van der Waals surface area contributed by atoms with Gasteiger partial charge in [0.2, 0.25) is 0 Å². The van der Waals surface area contributed by atoms with Crippen molar-refractivity contribution in [2.45, 2.75) is 6.92 Å². The van der Waals surface area contributed by atoms with Crippen molar-refractivity contribution >= 4 is 11.9 Å². The zero-order chi connectivity index (χ0) is 13.8. The Hall–Kier alpha value is -2.49. The molecule has 2 rings (SSSR count). The summed E-state index contributed by atoms with van der Waals surface area (Å²) in [6, 6.07) is 6.82. The van der Waals surface area contributed by atoms with Crippen molar-refractivity contribution in [3.05, 3.63) is 42.4 Å². The molecule has 19 heavy (non-hydrogen) atoms. The van der Waals surface area contributed by atoms with Gasteiger partial charge in [-0.2, -0.15) is 0 Å². The predicted octanol–water partition coefficient (Wildman–Crippen LogP) is 3.26. The Labute approximate surface area is 110 Å². The van der Waals surface area contributed by atoms with E-state index in [0.717, 1.165) is 11.1 Å². The number of phenolic OH excluding ortho intramolecular Hbond substituents is 1. The molecule has 1 N–H and O–H groups in total. The number of phenols is 1. The number of hydrogen-bond donors (Lipinski definition) is 1. The third kappa shape index (κ3) is 2.85. The van der Waals surface area contributed by atoms with Crippen LogP contribution in [0.1, 0.15) is 12.7 Å². The van der Waals surface area contributed by atoms with Crippen LogP contribution in [0.2, 0.25) is 0 Å². The zero-order valence-electron chi connectivity index (χ0n) is 10.7. The molecule has 4 nitrogen and oxygen atoms in total. The molecule has 0 aliphatic heterocycles. The van der Waals surface area contributed by atoms with Gasteiger partial charge in [0.25, 0.3) is 0 Å². The van der Waals surface area contributed by atoms with E-state index in [0.29, 0.717) is 11.5 Å². The second kappa shape index (κ2) is 5.44. The van der Waals surface area contributed by atoms with E-state index < -0.39 is 0 Å². The van der Waals surface area contributed by atoms with Crippen LogP contribution in [0.25, 0.3) is 17.2 Å². The Bertz CT molecular complexity index is 623. The van der Waals surface area contributed by atoms with E-state index in [9.17, 15) is 9.90 Å². The van der Waals surface area contributed by atoms with Gasteiger partial charge in [-0.15, -0.1) is 0 Å². The molecule has 0 unspecified atom stereocenters. The molecule has 0 amide bonds. The van der Waals surface area contributed by atoms with E-state index in [1.165, 1.54) is 20.1 Å². The maximum absolute atomic E-state index is 11.0. The molecule has 0 saturated carbocycles.